The molecule has 2 bridgehead atoms. The highest BCUT2D eigenvalue weighted by atomic mass is 16.5. The Bertz CT molecular complexity index is 1130. The molecule has 3 heterocycles. The second-order valence-electron chi connectivity index (χ2n) is 11.2. The van der Waals surface area contributed by atoms with Gasteiger partial charge in [-0.25, -0.2) is 0 Å². The van der Waals surface area contributed by atoms with Crippen LogP contribution in [0.1, 0.15) is 43.7 Å². The van der Waals surface area contributed by atoms with Crippen LogP contribution >= 0.6 is 0 Å². The molecule has 4 rings (SSSR count). The number of carbonyl (C=O) groups is 3. The van der Waals surface area contributed by atoms with Crippen molar-refractivity contribution in [1.82, 2.24) is 9.80 Å². The predicted molar refractivity (Wildman–Crippen MR) is 147 cm³/mol. The second-order valence-corrected chi connectivity index (χ2v) is 11.2. The molecule has 0 saturated carbocycles. The highest BCUT2D eigenvalue weighted by Gasteiger charge is 2.78. The van der Waals surface area contributed by atoms with Gasteiger partial charge >= 0.3 is 0 Å². The molecular formula is C30H41N3O5. The van der Waals surface area contributed by atoms with Crippen LogP contribution in [0.5, 0.6) is 0 Å². The van der Waals surface area contributed by atoms with Gasteiger partial charge in [0.15, 0.2) is 0 Å². The van der Waals surface area contributed by atoms with Crippen molar-refractivity contribution in [3.8, 4) is 0 Å². The number of ether oxygens (including phenoxy) is 1. The molecule has 8 nitrogen and oxygen atoms in total. The summed E-state index contributed by atoms with van der Waals surface area (Å²) in [7, 11) is 1.71. The maximum absolute atomic E-state index is 14.6. The van der Waals surface area contributed by atoms with Crippen LogP contribution in [-0.2, 0) is 19.1 Å². The van der Waals surface area contributed by atoms with E-state index in [4.69, 9.17) is 4.74 Å². The number of hydrogen-bond acceptors (Lipinski definition) is 5. The Hall–Kier alpha value is -2.97. The van der Waals surface area contributed by atoms with Crippen LogP contribution < -0.4 is 4.90 Å². The number of rotatable bonds is 11. The fourth-order valence-corrected chi connectivity index (χ4v) is 6.83. The second kappa shape index (κ2) is 10.7. The molecule has 1 aromatic rings. The van der Waals surface area contributed by atoms with E-state index < -0.39 is 29.1 Å². The first-order valence-corrected chi connectivity index (χ1v) is 13.5. The molecule has 1 N–H and O–H groups in total. The molecular weight excluding hydrogens is 482 g/mol. The van der Waals surface area contributed by atoms with E-state index >= 15 is 0 Å². The Morgan fingerprint density at radius 3 is 2.53 bits per heavy atom. The minimum atomic E-state index is -1.09. The molecule has 1 spiro atoms. The average Bonchev–Trinajstić information content (AvgIpc) is 3.44. The highest BCUT2D eigenvalue weighted by molar-refractivity contribution is 6.05. The number of likely N-dealkylation sites (N-methyl/N-ethyl adjacent to an activating group) is 1. The summed E-state index contributed by atoms with van der Waals surface area (Å²) in [5.41, 5.74) is 0.820. The topological polar surface area (TPSA) is 90.4 Å². The average molecular weight is 524 g/mol. The van der Waals surface area contributed by atoms with Crippen molar-refractivity contribution in [3.05, 3.63) is 54.6 Å². The first kappa shape index (κ1) is 28.0. The molecule has 0 aliphatic carbocycles. The van der Waals surface area contributed by atoms with Crippen LogP contribution in [0.15, 0.2) is 43.5 Å². The number of nitrogens with zero attached hydrogens (tertiary/aromatic N) is 3. The minimum Gasteiger partial charge on any atom is -0.396 e. The lowest BCUT2D eigenvalue weighted by atomic mass is 9.66. The van der Waals surface area contributed by atoms with E-state index in [1.807, 2.05) is 39.0 Å². The molecule has 0 radical (unpaired) electrons. The Labute approximate surface area is 225 Å². The summed E-state index contributed by atoms with van der Waals surface area (Å²) in [5, 5.41) is 9.40. The standard InChI is InChI=1S/C30H41N3O5/c1-7-15-31(6)26(35)23-24-27(36)33(17-9-10-18-34)25(30(24)14-13-29(23,5)38-30)28(37)32(16-8-2)22-19-20(3)11-12-21(22)4/h7-8,11-12,19,23-25,34H,1-2,9-10,13-18H2,3-6H3/t23-,24-,25?,29+,30?/m0/s1. The third kappa shape index (κ3) is 4.37. The van der Waals surface area contributed by atoms with Crippen LogP contribution in [0.2, 0.25) is 0 Å². The fraction of sp³-hybridized carbons (Fsp3) is 0.567. The summed E-state index contributed by atoms with van der Waals surface area (Å²) in [6.45, 7) is 14.4. The summed E-state index contributed by atoms with van der Waals surface area (Å²) in [6.07, 6.45) is 5.52. The van der Waals surface area contributed by atoms with Crippen LogP contribution in [0.4, 0.5) is 5.69 Å². The number of aliphatic hydroxyl groups excluding tert-OH is 1. The summed E-state index contributed by atoms with van der Waals surface area (Å²) >= 11 is 0. The van der Waals surface area contributed by atoms with Gasteiger partial charge < -0.3 is 24.5 Å². The zero-order valence-electron chi connectivity index (χ0n) is 23.1. The number of likely N-dealkylation sites (tertiary alicyclic amines) is 1. The first-order chi connectivity index (χ1) is 18.1. The maximum Gasteiger partial charge on any atom is 0.253 e. The number of benzene rings is 1. The van der Waals surface area contributed by atoms with E-state index in [2.05, 4.69) is 13.2 Å². The summed E-state index contributed by atoms with van der Waals surface area (Å²) < 4.78 is 6.73. The quantitative estimate of drug-likeness (QED) is 0.356. The normalized spacial score (nSPS) is 29.3. The zero-order chi connectivity index (χ0) is 27.8. The van der Waals surface area contributed by atoms with Crippen LogP contribution in [0.25, 0.3) is 0 Å². The summed E-state index contributed by atoms with van der Waals surface area (Å²) in [5.74, 6) is -2.02. The fourth-order valence-electron chi connectivity index (χ4n) is 6.83. The molecule has 2 unspecified atom stereocenters. The minimum absolute atomic E-state index is 0.00230. The van der Waals surface area contributed by atoms with E-state index in [1.54, 1.807) is 33.9 Å². The number of anilines is 1. The van der Waals surface area contributed by atoms with Crippen molar-refractivity contribution in [1.29, 1.82) is 0 Å². The number of aryl methyl sites for hydroxylation is 2. The van der Waals surface area contributed by atoms with E-state index in [9.17, 15) is 19.5 Å². The maximum atomic E-state index is 14.6. The third-order valence-corrected chi connectivity index (χ3v) is 8.60. The number of amides is 3. The van der Waals surface area contributed by atoms with E-state index in [1.165, 1.54) is 0 Å². The molecule has 3 fully saturated rings. The van der Waals surface area contributed by atoms with Crippen molar-refractivity contribution < 1.29 is 24.2 Å². The molecule has 3 aliphatic heterocycles. The van der Waals surface area contributed by atoms with Crippen molar-refractivity contribution in [3.63, 3.8) is 0 Å². The molecule has 8 heteroatoms. The third-order valence-electron chi connectivity index (χ3n) is 8.60. The highest BCUT2D eigenvalue weighted by Crippen LogP contribution is 2.63. The molecule has 3 saturated heterocycles. The van der Waals surface area contributed by atoms with Gasteiger partial charge in [0, 0.05) is 39.0 Å². The molecule has 0 aromatic heterocycles. The number of aliphatic hydroxyl groups is 1. The van der Waals surface area contributed by atoms with Gasteiger partial charge in [-0.15, -0.1) is 13.2 Å². The Kier molecular flexibility index (Phi) is 7.86. The number of unbranched alkanes of at least 4 members (excludes halogenated alkanes) is 1. The molecule has 1 aromatic carbocycles. The molecule has 5 atom stereocenters. The Balaban J connectivity index is 1.81. The largest absolute Gasteiger partial charge is 0.396 e. The van der Waals surface area contributed by atoms with Crippen molar-refractivity contribution in [2.75, 3.05) is 38.2 Å². The Morgan fingerprint density at radius 1 is 1.16 bits per heavy atom. The van der Waals surface area contributed by atoms with Gasteiger partial charge in [0.05, 0.1) is 17.4 Å². The molecule has 3 aliphatic rings. The van der Waals surface area contributed by atoms with E-state index in [0.29, 0.717) is 38.8 Å². The van der Waals surface area contributed by atoms with Gasteiger partial charge in [-0.2, -0.15) is 0 Å². The predicted octanol–water partition coefficient (Wildman–Crippen LogP) is 3.00. The van der Waals surface area contributed by atoms with Crippen LogP contribution in [0.3, 0.4) is 0 Å². The van der Waals surface area contributed by atoms with Crippen molar-refractivity contribution >= 4 is 23.4 Å². The number of hydrogen-bond donors (Lipinski definition) is 1. The lowest BCUT2D eigenvalue weighted by molar-refractivity contribution is -0.149. The van der Waals surface area contributed by atoms with Gasteiger partial charge in [0.1, 0.15) is 11.6 Å². The first-order valence-electron chi connectivity index (χ1n) is 13.5. The van der Waals surface area contributed by atoms with Crippen LogP contribution in [-0.4, -0.2) is 83.2 Å². The molecule has 206 valence electrons. The van der Waals surface area contributed by atoms with Gasteiger partial charge in [0.2, 0.25) is 11.8 Å². The monoisotopic (exact) mass is 523 g/mol. The SMILES string of the molecule is C=CCN(C)C(=O)[C@@H]1[C@H]2C(=O)N(CCCCO)C(C(=O)N(CC=C)c3cc(C)ccc3C)C23CC[C@@]1(C)O3. The van der Waals surface area contributed by atoms with Gasteiger partial charge in [0.25, 0.3) is 5.91 Å². The Morgan fingerprint density at radius 2 is 1.87 bits per heavy atom. The molecule has 3 amide bonds. The van der Waals surface area contributed by atoms with E-state index in [0.717, 1.165) is 16.8 Å². The smallest absolute Gasteiger partial charge is 0.253 e. The van der Waals surface area contributed by atoms with Gasteiger partial charge in [-0.1, -0.05) is 24.3 Å². The van der Waals surface area contributed by atoms with Crippen LogP contribution in [0, 0.1) is 25.7 Å². The summed E-state index contributed by atoms with van der Waals surface area (Å²) in [4.78, 5) is 47.3. The number of fused-ring (bicyclic) bond motifs is 1. The lowest BCUT2D eigenvalue weighted by Crippen LogP contribution is -2.56. The van der Waals surface area contributed by atoms with Gasteiger partial charge in [-0.3, -0.25) is 14.4 Å². The number of carbonyl (C=O) groups excluding carboxylic acids is 3. The van der Waals surface area contributed by atoms with E-state index in [-0.39, 0.29) is 30.9 Å². The lowest BCUT2D eigenvalue weighted by Gasteiger charge is -2.37. The van der Waals surface area contributed by atoms with Gasteiger partial charge in [-0.05, 0) is 63.6 Å². The van der Waals surface area contributed by atoms with Crippen molar-refractivity contribution in [2.24, 2.45) is 11.8 Å². The molecule has 38 heavy (non-hydrogen) atoms. The summed E-state index contributed by atoms with van der Waals surface area (Å²) in [6, 6.07) is 5.09. The zero-order valence-corrected chi connectivity index (χ0v) is 23.1. The van der Waals surface area contributed by atoms with Crippen molar-refractivity contribution in [2.45, 2.75) is 63.7 Å².